The molecule has 0 spiro atoms. The van der Waals surface area contributed by atoms with Crippen LogP contribution in [0.4, 0.5) is 5.82 Å². The molecule has 6 heteroatoms. The summed E-state index contributed by atoms with van der Waals surface area (Å²) in [6, 6.07) is 1.39. The summed E-state index contributed by atoms with van der Waals surface area (Å²) in [5, 5.41) is 11.5. The molecule has 6 nitrogen and oxygen atoms in total. The van der Waals surface area contributed by atoms with E-state index < -0.39 is 6.04 Å². The quantitative estimate of drug-likeness (QED) is 0.780. The lowest BCUT2D eigenvalue weighted by molar-refractivity contribution is -0.142. The average molecular weight is 234 g/mol. The van der Waals surface area contributed by atoms with Gasteiger partial charge in [0.1, 0.15) is 17.9 Å². The Morgan fingerprint density at radius 1 is 1.47 bits per heavy atom. The zero-order valence-corrected chi connectivity index (χ0v) is 9.97. The fourth-order valence-corrected chi connectivity index (χ4v) is 1.24. The smallest absolute Gasteiger partial charge is 0.328 e. The standard InChI is InChI=1S/C11H14N4O2/c1-7(2)10(11(16)17-3)15-9-6-13-8(4-12)5-14-9/h5-7,10H,1-3H3,(H,14,15). The van der Waals surface area contributed by atoms with E-state index in [4.69, 9.17) is 5.26 Å². The molecule has 0 saturated carbocycles. The van der Waals surface area contributed by atoms with Crippen LogP contribution in [-0.2, 0) is 9.53 Å². The number of nitrogens with zero attached hydrogens (tertiary/aromatic N) is 3. The molecular formula is C11H14N4O2. The lowest BCUT2D eigenvalue weighted by Crippen LogP contribution is -2.35. The van der Waals surface area contributed by atoms with E-state index in [0.717, 1.165) is 0 Å². The molecular weight excluding hydrogens is 220 g/mol. The third-order valence-corrected chi connectivity index (χ3v) is 2.19. The molecule has 1 aromatic heterocycles. The van der Waals surface area contributed by atoms with Crippen molar-refractivity contribution in [3.63, 3.8) is 0 Å². The number of rotatable bonds is 4. The second-order valence-electron chi connectivity index (χ2n) is 3.79. The largest absolute Gasteiger partial charge is 0.467 e. The van der Waals surface area contributed by atoms with E-state index in [1.165, 1.54) is 19.5 Å². The highest BCUT2D eigenvalue weighted by Gasteiger charge is 2.23. The van der Waals surface area contributed by atoms with Gasteiger partial charge < -0.3 is 10.1 Å². The third-order valence-electron chi connectivity index (χ3n) is 2.19. The molecule has 90 valence electrons. The Balaban J connectivity index is 2.79. The van der Waals surface area contributed by atoms with Crippen LogP contribution in [0.1, 0.15) is 19.5 Å². The lowest BCUT2D eigenvalue weighted by Gasteiger charge is -2.19. The Bertz CT molecular complexity index is 422. The molecule has 0 aliphatic carbocycles. The fourth-order valence-electron chi connectivity index (χ4n) is 1.24. The summed E-state index contributed by atoms with van der Waals surface area (Å²) < 4.78 is 4.69. The maximum atomic E-state index is 11.5. The van der Waals surface area contributed by atoms with Crippen LogP contribution in [-0.4, -0.2) is 29.1 Å². The van der Waals surface area contributed by atoms with Crippen LogP contribution in [0.5, 0.6) is 0 Å². The van der Waals surface area contributed by atoms with Gasteiger partial charge in [-0.1, -0.05) is 13.8 Å². The zero-order chi connectivity index (χ0) is 12.8. The van der Waals surface area contributed by atoms with E-state index in [0.29, 0.717) is 5.82 Å². The van der Waals surface area contributed by atoms with Crippen molar-refractivity contribution in [3.8, 4) is 6.07 Å². The molecule has 1 atom stereocenters. The van der Waals surface area contributed by atoms with Crippen molar-refractivity contribution in [1.29, 1.82) is 5.26 Å². The van der Waals surface area contributed by atoms with Gasteiger partial charge >= 0.3 is 5.97 Å². The average Bonchev–Trinajstić information content (AvgIpc) is 2.35. The molecule has 1 heterocycles. The van der Waals surface area contributed by atoms with Crippen molar-refractivity contribution in [2.24, 2.45) is 5.92 Å². The molecule has 0 fully saturated rings. The van der Waals surface area contributed by atoms with Gasteiger partial charge in [0.25, 0.3) is 0 Å². The van der Waals surface area contributed by atoms with E-state index in [1.807, 2.05) is 19.9 Å². The number of carbonyl (C=O) groups excluding carboxylic acids is 1. The number of nitrogens with one attached hydrogen (secondary N) is 1. The minimum atomic E-state index is -0.484. The molecule has 0 aliphatic heterocycles. The summed E-state index contributed by atoms with van der Waals surface area (Å²) in [7, 11) is 1.34. The number of nitriles is 1. The summed E-state index contributed by atoms with van der Waals surface area (Å²) in [5.74, 6) is 0.138. The van der Waals surface area contributed by atoms with E-state index in [9.17, 15) is 4.79 Å². The molecule has 17 heavy (non-hydrogen) atoms. The van der Waals surface area contributed by atoms with Crippen molar-refractivity contribution in [3.05, 3.63) is 18.1 Å². The Hall–Kier alpha value is -2.16. The molecule has 1 rings (SSSR count). The highest BCUT2D eigenvalue weighted by atomic mass is 16.5. The van der Waals surface area contributed by atoms with Crippen molar-refractivity contribution in [2.75, 3.05) is 12.4 Å². The number of hydrogen-bond donors (Lipinski definition) is 1. The van der Waals surface area contributed by atoms with Gasteiger partial charge in [0.2, 0.25) is 0 Å². The topological polar surface area (TPSA) is 87.9 Å². The number of carbonyl (C=O) groups is 1. The van der Waals surface area contributed by atoms with Gasteiger partial charge in [-0.3, -0.25) is 0 Å². The summed E-state index contributed by atoms with van der Waals surface area (Å²) in [6.45, 7) is 3.79. The molecule has 1 N–H and O–H groups in total. The first-order valence-corrected chi connectivity index (χ1v) is 5.15. The number of aromatic nitrogens is 2. The molecule has 0 aliphatic rings. The highest BCUT2D eigenvalue weighted by Crippen LogP contribution is 2.10. The van der Waals surface area contributed by atoms with Crippen LogP contribution in [0, 0.1) is 17.2 Å². The SMILES string of the molecule is COC(=O)C(Nc1cnc(C#N)cn1)C(C)C. The first-order chi connectivity index (χ1) is 8.08. The fraction of sp³-hybridized carbons (Fsp3) is 0.455. The van der Waals surface area contributed by atoms with Crippen LogP contribution < -0.4 is 5.32 Å². The molecule has 0 amide bonds. The third kappa shape index (κ3) is 3.41. The van der Waals surface area contributed by atoms with E-state index in [2.05, 4.69) is 20.0 Å². The van der Waals surface area contributed by atoms with Gasteiger partial charge in [0, 0.05) is 0 Å². The predicted octanol–water partition coefficient (Wildman–Crippen LogP) is 0.958. The number of esters is 1. The minimum Gasteiger partial charge on any atom is -0.467 e. The summed E-state index contributed by atoms with van der Waals surface area (Å²) in [5.41, 5.74) is 0.231. The lowest BCUT2D eigenvalue weighted by atomic mass is 10.1. The molecule has 1 aromatic rings. The van der Waals surface area contributed by atoms with Crippen molar-refractivity contribution in [2.45, 2.75) is 19.9 Å². The first kappa shape index (κ1) is 12.9. The molecule has 1 unspecified atom stereocenters. The highest BCUT2D eigenvalue weighted by molar-refractivity contribution is 5.79. The van der Waals surface area contributed by atoms with Crippen molar-refractivity contribution < 1.29 is 9.53 Å². The predicted molar refractivity (Wildman–Crippen MR) is 61.0 cm³/mol. The normalized spacial score (nSPS) is 11.7. The monoisotopic (exact) mass is 234 g/mol. The Kier molecular flexibility index (Phi) is 4.40. The Labute approximate surface area is 99.6 Å². The molecule has 0 radical (unpaired) electrons. The minimum absolute atomic E-state index is 0.0555. The van der Waals surface area contributed by atoms with Crippen LogP contribution in [0.25, 0.3) is 0 Å². The number of ether oxygens (including phenoxy) is 1. The molecule has 0 bridgehead atoms. The Morgan fingerprint density at radius 3 is 2.59 bits per heavy atom. The molecule has 0 aromatic carbocycles. The number of methoxy groups -OCH3 is 1. The molecule has 0 saturated heterocycles. The van der Waals surface area contributed by atoms with Gasteiger partial charge in [-0.05, 0) is 5.92 Å². The van der Waals surface area contributed by atoms with Gasteiger partial charge in [-0.25, -0.2) is 14.8 Å². The van der Waals surface area contributed by atoms with E-state index >= 15 is 0 Å². The van der Waals surface area contributed by atoms with Gasteiger partial charge in [0.15, 0.2) is 5.69 Å². The van der Waals surface area contributed by atoms with Crippen LogP contribution in [0.2, 0.25) is 0 Å². The van der Waals surface area contributed by atoms with Gasteiger partial charge in [0.05, 0.1) is 19.5 Å². The summed E-state index contributed by atoms with van der Waals surface area (Å²) >= 11 is 0. The van der Waals surface area contributed by atoms with Crippen LogP contribution in [0.3, 0.4) is 0 Å². The maximum Gasteiger partial charge on any atom is 0.328 e. The Morgan fingerprint density at radius 2 is 2.18 bits per heavy atom. The second kappa shape index (κ2) is 5.80. The first-order valence-electron chi connectivity index (χ1n) is 5.15. The van der Waals surface area contributed by atoms with E-state index in [-0.39, 0.29) is 17.6 Å². The summed E-state index contributed by atoms with van der Waals surface area (Å²) in [4.78, 5) is 19.3. The number of anilines is 1. The van der Waals surface area contributed by atoms with Crippen molar-refractivity contribution in [1.82, 2.24) is 9.97 Å². The van der Waals surface area contributed by atoms with Gasteiger partial charge in [-0.2, -0.15) is 5.26 Å². The van der Waals surface area contributed by atoms with Gasteiger partial charge in [-0.15, -0.1) is 0 Å². The zero-order valence-electron chi connectivity index (χ0n) is 9.97. The maximum absolute atomic E-state index is 11.5. The summed E-state index contributed by atoms with van der Waals surface area (Å²) in [6.07, 6.45) is 2.76. The second-order valence-corrected chi connectivity index (χ2v) is 3.79. The van der Waals surface area contributed by atoms with Crippen molar-refractivity contribution >= 4 is 11.8 Å². The number of hydrogen-bond acceptors (Lipinski definition) is 6. The van der Waals surface area contributed by atoms with Crippen LogP contribution >= 0.6 is 0 Å². The van der Waals surface area contributed by atoms with E-state index in [1.54, 1.807) is 0 Å². The van der Waals surface area contributed by atoms with Crippen LogP contribution in [0.15, 0.2) is 12.4 Å².